The molecule has 2 aliphatic rings. The lowest BCUT2D eigenvalue weighted by Gasteiger charge is -2.27. The highest BCUT2D eigenvalue weighted by Crippen LogP contribution is 2.39. The Morgan fingerprint density at radius 1 is 1.26 bits per heavy atom. The van der Waals surface area contributed by atoms with E-state index in [1.165, 1.54) is 12.8 Å². The fraction of sp³-hybridized carbons (Fsp3) is 0.923. The molecule has 0 spiro atoms. The van der Waals surface area contributed by atoms with Crippen LogP contribution in [-0.2, 0) is 19.1 Å². The van der Waals surface area contributed by atoms with Crippen LogP contribution in [-0.4, -0.2) is 33.2 Å². The van der Waals surface area contributed by atoms with Gasteiger partial charge in [-0.2, -0.15) is 8.42 Å². The van der Waals surface area contributed by atoms with Crippen molar-refractivity contribution in [3.05, 3.63) is 0 Å². The number of carbonyl (C=O) groups is 1. The summed E-state index contributed by atoms with van der Waals surface area (Å²) in [6, 6.07) is 0.306. The predicted molar refractivity (Wildman–Crippen MR) is 72.0 cm³/mol. The molecule has 0 aromatic heterocycles. The normalized spacial score (nSPS) is 34.8. The van der Waals surface area contributed by atoms with Crippen LogP contribution in [0.3, 0.4) is 0 Å². The molecule has 0 unspecified atom stereocenters. The minimum atomic E-state index is -3.39. The minimum Gasteiger partial charge on any atom is -0.353 e. The minimum absolute atomic E-state index is 0.0545. The van der Waals surface area contributed by atoms with E-state index in [0.717, 1.165) is 31.4 Å². The molecule has 0 aromatic rings. The van der Waals surface area contributed by atoms with Gasteiger partial charge in [0.15, 0.2) is 0 Å². The molecule has 0 heterocycles. The number of amides is 1. The largest absolute Gasteiger partial charge is 0.353 e. The van der Waals surface area contributed by atoms with Crippen molar-refractivity contribution in [2.75, 3.05) is 12.9 Å². The maximum absolute atomic E-state index is 12.0. The van der Waals surface area contributed by atoms with Gasteiger partial charge in [-0.3, -0.25) is 8.98 Å². The van der Waals surface area contributed by atoms with Crippen LogP contribution in [0.15, 0.2) is 0 Å². The number of hydrogen-bond acceptors (Lipinski definition) is 4. The molecule has 2 fully saturated rings. The second-order valence-corrected chi connectivity index (χ2v) is 7.70. The van der Waals surface area contributed by atoms with Crippen molar-refractivity contribution in [3.63, 3.8) is 0 Å². The highest BCUT2D eigenvalue weighted by Gasteiger charge is 2.44. The summed E-state index contributed by atoms with van der Waals surface area (Å²) in [5, 5.41) is 3.08. The van der Waals surface area contributed by atoms with Crippen molar-refractivity contribution in [2.45, 2.75) is 45.1 Å². The summed E-state index contributed by atoms with van der Waals surface area (Å²) in [6.07, 6.45) is 6.25. The van der Waals surface area contributed by atoms with Crippen LogP contribution in [0.25, 0.3) is 0 Å². The van der Waals surface area contributed by atoms with Gasteiger partial charge < -0.3 is 5.32 Å². The molecule has 19 heavy (non-hydrogen) atoms. The number of carbonyl (C=O) groups excluding carboxylic acids is 1. The first-order valence-corrected chi connectivity index (χ1v) is 8.81. The molecule has 0 aromatic carbocycles. The van der Waals surface area contributed by atoms with E-state index in [9.17, 15) is 13.2 Å². The van der Waals surface area contributed by atoms with Crippen LogP contribution >= 0.6 is 0 Å². The zero-order chi connectivity index (χ0) is 14.0. The second kappa shape index (κ2) is 5.79. The van der Waals surface area contributed by atoms with Crippen LogP contribution in [0.4, 0.5) is 0 Å². The van der Waals surface area contributed by atoms with Crippen molar-refractivity contribution >= 4 is 16.0 Å². The number of hydrogen-bond donors (Lipinski definition) is 1. The standard InChI is InChI=1S/C13H23NO4S/c1-9-3-5-11(6-4-9)14-13(15)12-7-10(12)8-18-19(2,16)17/h9-12H,3-8H2,1-2H3,(H,14,15)/t9-,10-,11-,12+/m0/s1. The van der Waals surface area contributed by atoms with Gasteiger partial charge in [-0.15, -0.1) is 0 Å². The van der Waals surface area contributed by atoms with Gasteiger partial charge in [0, 0.05) is 12.0 Å². The first-order valence-electron chi connectivity index (χ1n) is 7.00. The van der Waals surface area contributed by atoms with E-state index < -0.39 is 10.1 Å². The molecule has 2 atom stereocenters. The quantitative estimate of drug-likeness (QED) is 0.774. The summed E-state index contributed by atoms with van der Waals surface area (Å²) >= 11 is 0. The summed E-state index contributed by atoms with van der Waals surface area (Å²) in [4.78, 5) is 12.0. The third-order valence-electron chi connectivity index (χ3n) is 4.12. The third-order valence-corrected chi connectivity index (χ3v) is 4.68. The van der Waals surface area contributed by atoms with Crippen molar-refractivity contribution in [3.8, 4) is 0 Å². The van der Waals surface area contributed by atoms with E-state index in [1.807, 2.05) is 0 Å². The Hall–Kier alpha value is -0.620. The van der Waals surface area contributed by atoms with Gasteiger partial charge in [0.25, 0.3) is 10.1 Å². The van der Waals surface area contributed by atoms with Crippen LogP contribution in [0.1, 0.15) is 39.0 Å². The fourth-order valence-corrected chi connectivity index (χ4v) is 3.10. The van der Waals surface area contributed by atoms with E-state index in [1.54, 1.807) is 0 Å². The average molecular weight is 289 g/mol. The average Bonchev–Trinajstić information content (AvgIpc) is 3.08. The highest BCUT2D eigenvalue weighted by atomic mass is 32.2. The second-order valence-electron chi connectivity index (χ2n) is 6.06. The Labute approximate surface area is 115 Å². The van der Waals surface area contributed by atoms with Gasteiger partial charge in [0.2, 0.25) is 5.91 Å². The lowest BCUT2D eigenvalue weighted by molar-refractivity contribution is -0.123. The van der Waals surface area contributed by atoms with Crippen molar-refractivity contribution < 1.29 is 17.4 Å². The van der Waals surface area contributed by atoms with Crippen LogP contribution in [0.2, 0.25) is 0 Å². The molecule has 0 radical (unpaired) electrons. The maximum atomic E-state index is 12.0. The van der Waals surface area contributed by atoms with Gasteiger partial charge in [-0.25, -0.2) is 0 Å². The lowest BCUT2D eigenvalue weighted by atomic mass is 9.87. The highest BCUT2D eigenvalue weighted by molar-refractivity contribution is 7.85. The first-order chi connectivity index (χ1) is 8.85. The van der Waals surface area contributed by atoms with Crippen molar-refractivity contribution in [1.82, 2.24) is 5.32 Å². The summed E-state index contributed by atoms with van der Waals surface area (Å²) in [7, 11) is -3.39. The molecular weight excluding hydrogens is 266 g/mol. The molecule has 0 aliphatic heterocycles. The van der Waals surface area contributed by atoms with Gasteiger partial charge in [-0.05, 0) is 43.9 Å². The Kier molecular flexibility index (Phi) is 4.50. The summed E-state index contributed by atoms with van der Waals surface area (Å²) in [5.74, 6) is 0.852. The van der Waals surface area contributed by atoms with Crippen LogP contribution in [0, 0.1) is 17.8 Å². The first kappa shape index (κ1) is 14.8. The smallest absolute Gasteiger partial charge is 0.264 e. The Morgan fingerprint density at radius 2 is 1.89 bits per heavy atom. The molecule has 0 bridgehead atoms. The van der Waals surface area contributed by atoms with E-state index in [2.05, 4.69) is 12.2 Å². The number of nitrogens with one attached hydrogen (secondary N) is 1. The van der Waals surface area contributed by atoms with Crippen LogP contribution in [0.5, 0.6) is 0 Å². The third kappa shape index (κ3) is 4.76. The van der Waals surface area contributed by atoms with Crippen molar-refractivity contribution in [1.29, 1.82) is 0 Å². The topological polar surface area (TPSA) is 72.5 Å². The maximum Gasteiger partial charge on any atom is 0.264 e. The molecular formula is C13H23NO4S. The van der Waals surface area contributed by atoms with Crippen molar-refractivity contribution in [2.24, 2.45) is 17.8 Å². The molecule has 1 amide bonds. The van der Waals surface area contributed by atoms with Crippen LogP contribution < -0.4 is 5.32 Å². The summed E-state index contributed by atoms with van der Waals surface area (Å²) < 4.78 is 26.5. The monoisotopic (exact) mass is 289 g/mol. The molecule has 6 heteroatoms. The summed E-state index contributed by atoms with van der Waals surface area (Å²) in [5.41, 5.74) is 0. The Balaban J connectivity index is 1.68. The Bertz CT molecular complexity index is 426. The molecule has 2 aliphatic carbocycles. The van der Waals surface area contributed by atoms with E-state index >= 15 is 0 Å². The molecule has 2 rings (SSSR count). The Morgan fingerprint density at radius 3 is 2.47 bits per heavy atom. The summed E-state index contributed by atoms with van der Waals surface area (Å²) in [6.45, 7) is 2.39. The molecule has 5 nitrogen and oxygen atoms in total. The SMILES string of the molecule is CS(=O)(=O)OC[C@@H]1C[C@H]1C(=O)N[C@H]1CC[C@H](C)CC1. The van der Waals surface area contributed by atoms with E-state index in [0.29, 0.717) is 6.04 Å². The number of rotatable bonds is 5. The van der Waals surface area contributed by atoms with Gasteiger partial charge in [-0.1, -0.05) is 6.92 Å². The lowest BCUT2D eigenvalue weighted by Crippen LogP contribution is -2.38. The fourth-order valence-electron chi connectivity index (χ4n) is 2.68. The molecule has 110 valence electrons. The van der Waals surface area contributed by atoms with Gasteiger partial charge in [0.1, 0.15) is 0 Å². The van der Waals surface area contributed by atoms with E-state index in [-0.39, 0.29) is 24.3 Å². The molecule has 0 saturated heterocycles. The van der Waals surface area contributed by atoms with Gasteiger partial charge >= 0.3 is 0 Å². The van der Waals surface area contributed by atoms with Gasteiger partial charge in [0.05, 0.1) is 12.9 Å². The molecule has 2 saturated carbocycles. The zero-order valence-electron chi connectivity index (χ0n) is 11.6. The molecule has 1 N–H and O–H groups in total. The predicted octanol–water partition coefficient (Wildman–Crippen LogP) is 1.29. The zero-order valence-corrected chi connectivity index (χ0v) is 12.4. The van der Waals surface area contributed by atoms with E-state index in [4.69, 9.17) is 4.18 Å².